The third-order valence-electron chi connectivity index (χ3n) is 7.80. The average molecular weight is 439 g/mol. The Hall–Kier alpha value is 0.920. The minimum absolute atomic E-state index is 0.0435. The van der Waals surface area contributed by atoms with E-state index in [0.29, 0.717) is 23.3 Å². The Bertz CT molecular complexity index is 538. The summed E-state index contributed by atoms with van der Waals surface area (Å²) < 4.78 is 42.2. The maximum Gasteiger partial charge on any atom is 0.153 e. The first-order valence-corrected chi connectivity index (χ1v) is 14.8. The number of fused-ring (bicyclic) bond motifs is 4. The van der Waals surface area contributed by atoms with Gasteiger partial charge >= 0.3 is 0 Å². The van der Waals surface area contributed by atoms with E-state index >= 15 is 0 Å². The lowest BCUT2D eigenvalue weighted by atomic mass is 9.76. The van der Waals surface area contributed by atoms with Gasteiger partial charge in [-0.3, -0.25) is 0 Å². The van der Waals surface area contributed by atoms with Crippen LogP contribution < -0.4 is 0 Å². The molecule has 4 saturated carbocycles. The van der Waals surface area contributed by atoms with Crippen molar-refractivity contribution in [1.29, 1.82) is 0 Å². The fraction of sp³-hybridized carbons (Fsp3) is 1.00. The van der Waals surface area contributed by atoms with E-state index in [1.807, 2.05) is 21.6 Å². The Balaban J connectivity index is 1.34. The van der Waals surface area contributed by atoms with Gasteiger partial charge in [-0.15, -0.1) is 0 Å². The lowest BCUT2D eigenvalue weighted by Gasteiger charge is -2.38. The van der Waals surface area contributed by atoms with Crippen molar-refractivity contribution in [2.24, 2.45) is 34.5 Å². The molecule has 4 rings (SSSR count). The maximum absolute atomic E-state index is 11.6. The minimum atomic E-state index is -1.72. The van der Waals surface area contributed by atoms with Gasteiger partial charge in [0.25, 0.3) is 0 Å². The van der Waals surface area contributed by atoms with Crippen molar-refractivity contribution < 1.29 is 17.5 Å². The molecule has 0 aromatic heterocycles. The van der Waals surface area contributed by atoms with Crippen LogP contribution in [0, 0.1) is 34.5 Å². The molecule has 0 amide bonds. The molecule has 4 aliphatic carbocycles. The van der Waals surface area contributed by atoms with Gasteiger partial charge in [-0.25, -0.2) is 8.42 Å². The summed E-state index contributed by atoms with van der Waals surface area (Å²) in [5.41, 5.74) is 0.0870. The molecule has 0 aromatic carbocycles. The molecule has 4 bridgehead atoms. The van der Waals surface area contributed by atoms with E-state index in [2.05, 4.69) is 0 Å². The third-order valence-corrected chi connectivity index (χ3v) is 12.2. The molecule has 2 N–H and O–H groups in total. The topological polar surface area (TPSA) is 74.6 Å². The van der Waals surface area contributed by atoms with Gasteiger partial charge < -0.3 is 9.11 Å². The lowest BCUT2D eigenvalue weighted by Crippen LogP contribution is -2.37. The molecular weight excluding hydrogens is 408 g/mol. The molecule has 0 radical (unpaired) electrons. The van der Waals surface area contributed by atoms with Crippen LogP contribution in [0.4, 0.5) is 0 Å². The highest BCUT2D eigenvalue weighted by Crippen LogP contribution is 2.60. The van der Waals surface area contributed by atoms with Crippen LogP contribution in [0.25, 0.3) is 0 Å². The summed E-state index contributed by atoms with van der Waals surface area (Å²) in [6.07, 6.45) is 9.80. The van der Waals surface area contributed by atoms with Gasteiger partial charge in [-0.05, 0) is 73.0 Å². The van der Waals surface area contributed by atoms with Crippen LogP contribution in [0.15, 0.2) is 0 Å². The van der Waals surface area contributed by atoms with Crippen LogP contribution in [0.3, 0.4) is 0 Å². The first kappa shape index (κ1) is 20.2. The smallest absolute Gasteiger partial charge is 0.153 e. The van der Waals surface area contributed by atoms with E-state index in [1.165, 1.54) is 38.5 Å². The van der Waals surface area contributed by atoms with Crippen molar-refractivity contribution in [3.63, 3.8) is 0 Å². The van der Waals surface area contributed by atoms with Crippen LogP contribution >= 0.6 is 21.6 Å². The predicted octanol–water partition coefficient (Wildman–Crippen LogP) is 4.42. The van der Waals surface area contributed by atoms with Gasteiger partial charge in [0.1, 0.15) is 0 Å². The largest absolute Gasteiger partial charge is 0.306 e. The summed E-state index contributed by atoms with van der Waals surface area (Å²) >= 11 is -3.43. The second-order valence-corrected chi connectivity index (χ2v) is 13.7. The zero-order valence-electron chi connectivity index (χ0n) is 15.1. The summed E-state index contributed by atoms with van der Waals surface area (Å²) in [6, 6.07) is 0. The molecule has 26 heavy (non-hydrogen) atoms. The molecule has 8 heteroatoms. The summed E-state index contributed by atoms with van der Waals surface area (Å²) in [4.78, 5) is 0. The Labute approximate surface area is 169 Å². The van der Waals surface area contributed by atoms with Crippen LogP contribution in [0.5, 0.6) is 0 Å². The molecule has 0 saturated heterocycles. The number of rotatable bonds is 9. The fourth-order valence-corrected chi connectivity index (χ4v) is 12.3. The normalized spacial score (nSPS) is 46.1. The van der Waals surface area contributed by atoms with Crippen LogP contribution in [-0.2, 0) is 22.2 Å². The summed E-state index contributed by atoms with van der Waals surface area (Å²) in [7, 11) is 3.72. The third kappa shape index (κ3) is 3.97. The highest BCUT2D eigenvalue weighted by Gasteiger charge is 2.53. The zero-order chi connectivity index (χ0) is 18.4. The molecule has 0 aliphatic heterocycles. The van der Waals surface area contributed by atoms with Crippen molar-refractivity contribution in [2.75, 3.05) is 23.0 Å². The first-order valence-electron chi connectivity index (χ1n) is 9.80. The van der Waals surface area contributed by atoms with Gasteiger partial charge in [0.2, 0.25) is 0 Å². The van der Waals surface area contributed by atoms with Crippen LogP contribution in [0.1, 0.15) is 51.4 Å². The number of hydrogen-bond donors (Lipinski definition) is 2. The van der Waals surface area contributed by atoms with E-state index in [0.717, 1.165) is 36.2 Å². The molecule has 8 atom stereocenters. The highest BCUT2D eigenvalue weighted by molar-refractivity contribution is 8.76. The Morgan fingerprint density at radius 2 is 1.19 bits per heavy atom. The van der Waals surface area contributed by atoms with Crippen molar-refractivity contribution in [3.8, 4) is 0 Å². The molecule has 0 aromatic rings. The number of hydrogen-bond acceptors (Lipinski definition) is 4. The Kier molecular flexibility index (Phi) is 6.20. The molecule has 3 unspecified atom stereocenters. The van der Waals surface area contributed by atoms with Crippen molar-refractivity contribution in [3.05, 3.63) is 0 Å². The molecule has 4 nitrogen and oxygen atoms in total. The lowest BCUT2D eigenvalue weighted by molar-refractivity contribution is 0.225. The van der Waals surface area contributed by atoms with E-state index in [1.54, 1.807) is 0 Å². The average Bonchev–Trinajstić information content (AvgIpc) is 3.30. The molecule has 0 spiro atoms. The van der Waals surface area contributed by atoms with Gasteiger partial charge in [0.15, 0.2) is 22.2 Å². The van der Waals surface area contributed by atoms with E-state index < -0.39 is 22.2 Å². The SMILES string of the molecule is O=S(O)C[C@]1(CSSC[C@@]2(CS(=O)O)C[C@@H]3CC[C@H]2C3)CC2CC[C@H]1C2. The first-order chi connectivity index (χ1) is 12.4. The summed E-state index contributed by atoms with van der Waals surface area (Å²) in [5.74, 6) is 5.55. The van der Waals surface area contributed by atoms with Gasteiger partial charge in [-0.1, -0.05) is 34.4 Å². The van der Waals surface area contributed by atoms with Crippen molar-refractivity contribution >= 4 is 43.7 Å². The van der Waals surface area contributed by atoms with Crippen LogP contribution in [-0.4, -0.2) is 40.5 Å². The summed E-state index contributed by atoms with van der Waals surface area (Å²) in [6.45, 7) is 0. The van der Waals surface area contributed by atoms with E-state index in [-0.39, 0.29) is 10.8 Å². The molecule has 0 heterocycles. The standard InChI is InChI=1S/C18H30O4S4/c19-25(20)11-17(7-13-1-3-15(17)5-13)9-23-24-10-18(12-26(21)22)8-14-2-4-16(18)6-14/h13-16H,1-12H2,(H,19,20)(H,21,22)/t13-,14?,15+,16+,17-,18-/m1/s1. The predicted molar refractivity (Wildman–Crippen MR) is 112 cm³/mol. The summed E-state index contributed by atoms with van der Waals surface area (Å²) in [5, 5.41) is 0. The molecular formula is C18H30O4S4. The quantitative estimate of drug-likeness (QED) is 0.315. The monoisotopic (exact) mass is 438 g/mol. The van der Waals surface area contributed by atoms with Crippen molar-refractivity contribution in [1.82, 2.24) is 0 Å². The van der Waals surface area contributed by atoms with Crippen LogP contribution in [0.2, 0.25) is 0 Å². The van der Waals surface area contributed by atoms with E-state index in [9.17, 15) is 17.5 Å². The second kappa shape index (κ2) is 7.98. The minimum Gasteiger partial charge on any atom is -0.306 e. The fourth-order valence-electron chi connectivity index (χ4n) is 6.72. The van der Waals surface area contributed by atoms with E-state index in [4.69, 9.17) is 0 Å². The second-order valence-electron chi connectivity index (χ2n) is 9.34. The molecule has 4 fully saturated rings. The maximum atomic E-state index is 11.6. The van der Waals surface area contributed by atoms with Gasteiger partial charge in [-0.2, -0.15) is 0 Å². The molecule has 150 valence electrons. The Morgan fingerprint density at radius 1 is 0.769 bits per heavy atom. The highest BCUT2D eigenvalue weighted by atomic mass is 33.1. The Morgan fingerprint density at radius 3 is 1.46 bits per heavy atom. The van der Waals surface area contributed by atoms with Gasteiger partial charge in [0, 0.05) is 11.5 Å². The van der Waals surface area contributed by atoms with Crippen molar-refractivity contribution in [2.45, 2.75) is 51.4 Å². The van der Waals surface area contributed by atoms with Gasteiger partial charge in [0.05, 0.1) is 11.5 Å². The zero-order valence-corrected chi connectivity index (χ0v) is 18.4. The molecule has 4 aliphatic rings.